The Morgan fingerprint density at radius 3 is 2.71 bits per heavy atom. The van der Waals surface area contributed by atoms with E-state index < -0.39 is 11.6 Å². The Hall–Kier alpha value is -3.53. The molecule has 5 atom stereocenters. The molecule has 7 rings (SSSR count). The van der Waals surface area contributed by atoms with Crippen molar-refractivity contribution in [2.45, 2.75) is 59.2 Å². The van der Waals surface area contributed by atoms with Crippen molar-refractivity contribution in [1.29, 1.82) is 0 Å². The first kappa shape index (κ1) is 28.6. The molecule has 3 saturated carbocycles. The summed E-state index contributed by atoms with van der Waals surface area (Å²) in [5.41, 5.74) is 1.46. The number of piperazine rings is 1. The molecule has 0 spiro atoms. The third-order valence-electron chi connectivity index (χ3n) is 9.95. The molecule has 4 aliphatic rings. The van der Waals surface area contributed by atoms with Crippen molar-refractivity contribution >= 4 is 22.5 Å². The molecule has 3 aliphatic carbocycles. The Morgan fingerprint density at radius 1 is 1.19 bits per heavy atom. The van der Waals surface area contributed by atoms with Crippen LogP contribution in [-0.2, 0) is 13.7 Å². The predicted molar refractivity (Wildman–Crippen MR) is 161 cm³/mol. The average Bonchev–Trinajstić information content (AvgIpc) is 2.95. The van der Waals surface area contributed by atoms with Gasteiger partial charge >= 0.3 is 0 Å². The maximum absolute atomic E-state index is 14.1. The highest BCUT2D eigenvalue weighted by Gasteiger charge is 2.56. The van der Waals surface area contributed by atoms with Crippen molar-refractivity contribution in [2.75, 3.05) is 25.0 Å². The van der Waals surface area contributed by atoms with Gasteiger partial charge in [-0.15, -0.1) is 0 Å². The van der Waals surface area contributed by atoms with Crippen molar-refractivity contribution in [1.82, 2.24) is 19.8 Å². The number of aromatic nitrogens is 2. The number of nitrogens with zero attached hydrogens (tertiary/aromatic N) is 4. The Balaban J connectivity index is 1.29. The van der Waals surface area contributed by atoms with E-state index in [9.17, 15) is 13.6 Å². The molecule has 2 bridgehead atoms. The Kier molecular flexibility index (Phi) is 7.45. The predicted octanol–water partition coefficient (Wildman–Crippen LogP) is 4.92. The number of aliphatic imine (C=N–C) groups is 1. The molecule has 1 saturated heterocycles. The molecule has 10 heteroatoms. The van der Waals surface area contributed by atoms with E-state index in [2.05, 4.69) is 48.2 Å². The van der Waals surface area contributed by atoms with Gasteiger partial charge in [0.05, 0.1) is 16.9 Å². The molecule has 1 aromatic heterocycles. The highest BCUT2D eigenvalue weighted by Crippen LogP contribution is 2.61. The average molecular weight is 579 g/mol. The third-order valence-corrected chi connectivity index (χ3v) is 9.95. The van der Waals surface area contributed by atoms with Crippen LogP contribution in [0.2, 0.25) is 0 Å². The second kappa shape index (κ2) is 10.9. The largest absolute Gasteiger partial charge is 0.483 e. The fraction of sp³-hybridized carbons (Fsp3) is 0.531. The van der Waals surface area contributed by atoms with Crippen LogP contribution in [0.3, 0.4) is 0 Å². The van der Waals surface area contributed by atoms with Gasteiger partial charge in [-0.3, -0.25) is 9.36 Å². The minimum atomic E-state index is -0.811. The number of nitrogens with one attached hydrogen (secondary N) is 2. The first-order valence-electron chi connectivity index (χ1n) is 14.9. The molecule has 8 nitrogen and oxygen atoms in total. The Morgan fingerprint density at radius 2 is 2.00 bits per heavy atom. The highest BCUT2D eigenvalue weighted by atomic mass is 19.1. The minimum Gasteiger partial charge on any atom is -0.483 e. The van der Waals surface area contributed by atoms with Crippen LogP contribution in [0.1, 0.15) is 46.4 Å². The molecule has 2 N–H and O–H groups in total. The van der Waals surface area contributed by atoms with Crippen LogP contribution in [-0.4, -0.2) is 52.1 Å². The molecular formula is C32H40F2N6O2. The molecule has 2 aromatic carbocycles. The van der Waals surface area contributed by atoms with Gasteiger partial charge in [0.1, 0.15) is 18.2 Å². The van der Waals surface area contributed by atoms with Gasteiger partial charge < -0.3 is 20.3 Å². The molecule has 0 unspecified atom stereocenters. The lowest BCUT2D eigenvalue weighted by atomic mass is 9.45. The van der Waals surface area contributed by atoms with Gasteiger partial charge in [0.2, 0.25) is 0 Å². The normalized spacial score (nSPS) is 27.1. The van der Waals surface area contributed by atoms with Crippen molar-refractivity contribution in [3.8, 4) is 5.75 Å². The second-order valence-corrected chi connectivity index (χ2v) is 12.9. The van der Waals surface area contributed by atoms with E-state index >= 15 is 0 Å². The topological polar surface area (TPSA) is 83.8 Å². The smallest absolute Gasteiger partial charge is 0.261 e. The SMILES string of the molecule is C[C@@H]1[C@@H](/N=C(/Nc2ccc3c(=O)n(C)c(COc4ccc(F)cc4F)nc3c2)N2CCN[C@@H](C)C2)C[C@H]2C[C@@H]1C2(C)C. The number of benzene rings is 2. The summed E-state index contributed by atoms with van der Waals surface area (Å²) in [7, 11) is 1.61. The second-order valence-electron chi connectivity index (χ2n) is 12.9. The van der Waals surface area contributed by atoms with Crippen LogP contribution in [0.4, 0.5) is 14.5 Å². The first-order valence-corrected chi connectivity index (χ1v) is 14.9. The standard InChI is InChI=1S/C32H40F2N6O2/c1-18-16-40(11-10-35-18)31(38-26-13-20-12-24(19(26)2)32(20,3)4)36-22-7-8-23-27(15-22)37-29(39(5)30(23)41)17-42-28-9-6-21(33)14-25(28)34/h6-9,14-15,18-20,24,26,35H,10-13,16-17H2,1-5H3,(H,36,38)/t18-,19-,20+,24-,26-/m0/s1. The lowest BCUT2D eigenvalue weighted by Crippen LogP contribution is -2.57. The first-order chi connectivity index (χ1) is 20.0. The van der Waals surface area contributed by atoms with Gasteiger partial charge in [0.25, 0.3) is 5.56 Å². The number of fused-ring (bicyclic) bond motifs is 3. The number of anilines is 1. The van der Waals surface area contributed by atoms with Crippen LogP contribution in [0.15, 0.2) is 46.2 Å². The van der Waals surface area contributed by atoms with E-state index in [0.717, 1.165) is 49.8 Å². The monoisotopic (exact) mass is 578 g/mol. The van der Waals surface area contributed by atoms with Gasteiger partial charge in [-0.05, 0) is 73.3 Å². The quantitative estimate of drug-likeness (QED) is 0.330. The maximum Gasteiger partial charge on any atom is 0.261 e. The van der Waals surface area contributed by atoms with E-state index in [1.807, 2.05) is 12.1 Å². The number of halogens is 2. The summed E-state index contributed by atoms with van der Waals surface area (Å²) in [5.74, 6) is 1.50. The molecule has 224 valence electrons. The van der Waals surface area contributed by atoms with Gasteiger partial charge in [0.15, 0.2) is 17.5 Å². The summed E-state index contributed by atoms with van der Waals surface area (Å²) >= 11 is 0. The number of hydrogen-bond acceptors (Lipinski definition) is 5. The van der Waals surface area contributed by atoms with Crippen LogP contribution >= 0.6 is 0 Å². The minimum absolute atomic E-state index is 0.106. The summed E-state index contributed by atoms with van der Waals surface area (Å²) in [6, 6.07) is 9.23. The van der Waals surface area contributed by atoms with Crippen LogP contribution < -0.4 is 20.9 Å². The molecule has 4 fully saturated rings. The zero-order valence-electron chi connectivity index (χ0n) is 25.0. The molecule has 42 heavy (non-hydrogen) atoms. The van der Waals surface area contributed by atoms with Crippen molar-refractivity contribution < 1.29 is 13.5 Å². The van der Waals surface area contributed by atoms with E-state index in [4.69, 9.17) is 9.73 Å². The van der Waals surface area contributed by atoms with Crippen LogP contribution in [0, 0.1) is 34.8 Å². The summed E-state index contributed by atoms with van der Waals surface area (Å²) < 4.78 is 34.4. The van der Waals surface area contributed by atoms with E-state index in [-0.39, 0.29) is 24.0 Å². The fourth-order valence-electron chi connectivity index (χ4n) is 7.16. The van der Waals surface area contributed by atoms with Gasteiger partial charge in [-0.25, -0.2) is 18.8 Å². The van der Waals surface area contributed by atoms with Gasteiger partial charge in [-0.2, -0.15) is 0 Å². The highest BCUT2D eigenvalue weighted by molar-refractivity contribution is 5.96. The van der Waals surface area contributed by atoms with Crippen molar-refractivity contribution in [3.63, 3.8) is 0 Å². The van der Waals surface area contributed by atoms with E-state index in [0.29, 0.717) is 45.9 Å². The van der Waals surface area contributed by atoms with E-state index in [1.165, 1.54) is 17.1 Å². The van der Waals surface area contributed by atoms with Crippen LogP contribution in [0.25, 0.3) is 10.9 Å². The van der Waals surface area contributed by atoms with E-state index in [1.54, 1.807) is 13.1 Å². The zero-order chi connectivity index (χ0) is 29.8. The zero-order valence-corrected chi connectivity index (χ0v) is 25.0. The lowest BCUT2D eigenvalue weighted by Gasteiger charge is -2.61. The number of rotatable bonds is 5. The maximum atomic E-state index is 14.1. The van der Waals surface area contributed by atoms with Crippen molar-refractivity contribution in [3.05, 3.63) is 64.2 Å². The number of guanidine groups is 1. The Bertz CT molecular complexity index is 1590. The Labute approximate surface area is 245 Å². The summed E-state index contributed by atoms with van der Waals surface area (Å²) in [5, 5.41) is 7.57. The lowest BCUT2D eigenvalue weighted by molar-refractivity contribution is -0.108. The van der Waals surface area contributed by atoms with Gasteiger partial charge in [-0.1, -0.05) is 20.8 Å². The number of ether oxygens (including phenoxy) is 1. The third kappa shape index (κ3) is 5.25. The van der Waals surface area contributed by atoms with Gasteiger partial charge in [0, 0.05) is 44.5 Å². The summed E-state index contributed by atoms with van der Waals surface area (Å²) in [4.78, 5) is 25.5. The van der Waals surface area contributed by atoms with Crippen LogP contribution in [0.5, 0.6) is 5.75 Å². The molecular weight excluding hydrogens is 538 g/mol. The molecule has 0 radical (unpaired) electrons. The molecule has 1 aliphatic heterocycles. The summed E-state index contributed by atoms with van der Waals surface area (Å²) in [6.07, 6.45) is 2.41. The van der Waals surface area contributed by atoms with Crippen molar-refractivity contribution in [2.24, 2.45) is 35.2 Å². The fourth-order valence-corrected chi connectivity index (χ4v) is 7.16. The number of hydrogen-bond donors (Lipinski definition) is 2. The molecule has 2 heterocycles. The molecule has 3 aromatic rings. The molecule has 0 amide bonds. The summed E-state index contributed by atoms with van der Waals surface area (Å²) in [6.45, 7) is 11.8.